The molecule has 2 heterocycles. The maximum absolute atomic E-state index is 12.7. The van der Waals surface area contributed by atoms with Crippen LogP contribution < -0.4 is 5.32 Å². The molecule has 0 bridgehead atoms. The maximum Gasteiger partial charge on any atom is 0.255 e. The lowest BCUT2D eigenvalue weighted by Crippen LogP contribution is -2.40. The lowest BCUT2D eigenvalue weighted by Gasteiger charge is -2.22. The number of aromatic nitrogens is 1. The topological polar surface area (TPSA) is 62.3 Å². The Hall–Kier alpha value is -1.98. The van der Waals surface area contributed by atoms with E-state index in [1.807, 2.05) is 6.92 Å². The first-order chi connectivity index (χ1) is 8.96. The summed E-state index contributed by atoms with van der Waals surface area (Å²) >= 11 is 0. The van der Waals surface area contributed by atoms with Crippen LogP contribution >= 0.6 is 0 Å². The van der Waals surface area contributed by atoms with Crippen LogP contribution in [0.15, 0.2) is 18.3 Å². The predicted octanol–water partition coefficient (Wildman–Crippen LogP) is 0.819. The summed E-state index contributed by atoms with van der Waals surface area (Å²) < 4.78 is 12.7. The second-order valence-corrected chi connectivity index (χ2v) is 4.99. The zero-order chi connectivity index (χ0) is 14.0. The van der Waals surface area contributed by atoms with E-state index in [0.29, 0.717) is 25.1 Å². The lowest BCUT2D eigenvalue weighted by molar-refractivity contribution is -0.128. The minimum Gasteiger partial charge on any atom is -0.359 e. The highest BCUT2D eigenvalue weighted by Gasteiger charge is 2.41. The van der Waals surface area contributed by atoms with Gasteiger partial charge in [-0.15, -0.1) is 0 Å². The van der Waals surface area contributed by atoms with Gasteiger partial charge < -0.3 is 10.2 Å². The Morgan fingerprint density at radius 1 is 1.47 bits per heavy atom. The van der Waals surface area contributed by atoms with Crippen molar-refractivity contribution in [3.8, 4) is 0 Å². The number of hydrogen-bond acceptors (Lipinski definition) is 3. The van der Waals surface area contributed by atoms with E-state index < -0.39 is 11.4 Å². The van der Waals surface area contributed by atoms with Gasteiger partial charge in [-0.3, -0.25) is 9.59 Å². The highest BCUT2D eigenvalue weighted by atomic mass is 19.1. The molecule has 0 saturated carbocycles. The quantitative estimate of drug-likeness (QED) is 0.805. The zero-order valence-electron chi connectivity index (χ0n) is 10.9. The minimum absolute atomic E-state index is 0.0694. The van der Waals surface area contributed by atoms with Crippen LogP contribution in [0.5, 0.6) is 0 Å². The van der Waals surface area contributed by atoms with Crippen LogP contribution in [0.3, 0.4) is 0 Å². The van der Waals surface area contributed by atoms with Crippen molar-refractivity contribution in [2.45, 2.75) is 13.3 Å². The van der Waals surface area contributed by atoms with Crippen molar-refractivity contribution in [1.29, 1.82) is 0 Å². The van der Waals surface area contributed by atoms with Gasteiger partial charge in [0.05, 0.1) is 11.0 Å². The summed E-state index contributed by atoms with van der Waals surface area (Å²) in [5, 5.41) is 2.62. The fraction of sp³-hybridized carbons (Fsp3) is 0.462. The van der Waals surface area contributed by atoms with Crippen molar-refractivity contribution in [1.82, 2.24) is 15.2 Å². The van der Waals surface area contributed by atoms with Gasteiger partial charge in [0.25, 0.3) is 5.91 Å². The normalized spacial score (nSPS) is 22.4. The fourth-order valence-electron chi connectivity index (χ4n) is 2.31. The molecule has 6 heteroatoms. The summed E-state index contributed by atoms with van der Waals surface area (Å²) in [7, 11) is 1.59. The van der Waals surface area contributed by atoms with E-state index in [4.69, 9.17) is 0 Å². The molecule has 1 fully saturated rings. The molecule has 1 N–H and O–H groups in total. The molecular weight excluding hydrogens is 249 g/mol. The summed E-state index contributed by atoms with van der Waals surface area (Å²) in [5.74, 6) is -0.909. The van der Waals surface area contributed by atoms with E-state index in [-0.39, 0.29) is 11.8 Å². The van der Waals surface area contributed by atoms with E-state index in [1.165, 1.54) is 12.3 Å². The third-order valence-electron chi connectivity index (χ3n) is 3.51. The van der Waals surface area contributed by atoms with E-state index >= 15 is 0 Å². The van der Waals surface area contributed by atoms with E-state index in [1.54, 1.807) is 11.9 Å². The molecule has 1 aliphatic rings. The summed E-state index contributed by atoms with van der Waals surface area (Å²) in [4.78, 5) is 29.0. The van der Waals surface area contributed by atoms with E-state index in [9.17, 15) is 14.0 Å². The number of carbonyl (C=O) groups is 2. The Bertz CT molecular complexity index is 503. The first-order valence-electron chi connectivity index (χ1n) is 6.09. The zero-order valence-corrected chi connectivity index (χ0v) is 10.9. The van der Waals surface area contributed by atoms with Gasteiger partial charge in [0.1, 0.15) is 0 Å². The number of carbonyl (C=O) groups excluding carboxylic acids is 2. The van der Waals surface area contributed by atoms with Crippen LogP contribution in [0.1, 0.15) is 23.7 Å². The number of nitrogens with zero attached hydrogens (tertiary/aromatic N) is 2. The third-order valence-corrected chi connectivity index (χ3v) is 3.51. The fourth-order valence-corrected chi connectivity index (χ4v) is 2.31. The first kappa shape index (κ1) is 13.5. The van der Waals surface area contributed by atoms with Crippen molar-refractivity contribution < 1.29 is 14.0 Å². The Kier molecular flexibility index (Phi) is 3.50. The number of nitrogens with one attached hydrogen (secondary N) is 1. The summed E-state index contributed by atoms with van der Waals surface area (Å²) in [6, 6.07) is 2.56. The molecule has 2 rings (SSSR count). The molecule has 1 unspecified atom stereocenters. The molecule has 0 aromatic carbocycles. The van der Waals surface area contributed by atoms with Gasteiger partial charge in [0.15, 0.2) is 0 Å². The van der Waals surface area contributed by atoms with Gasteiger partial charge in [0.2, 0.25) is 11.9 Å². The van der Waals surface area contributed by atoms with Crippen molar-refractivity contribution in [2.24, 2.45) is 5.41 Å². The second kappa shape index (κ2) is 4.95. The van der Waals surface area contributed by atoms with Crippen LogP contribution in [-0.2, 0) is 4.79 Å². The Morgan fingerprint density at radius 3 is 2.79 bits per heavy atom. The van der Waals surface area contributed by atoms with E-state index in [2.05, 4.69) is 10.3 Å². The number of pyridine rings is 1. The highest BCUT2D eigenvalue weighted by molar-refractivity contribution is 5.95. The van der Waals surface area contributed by atoms with Crippen molar-refractivity contribution >= 4 is 11.8 Å². The molecule has 0 radical (unpaired) electrons. The number of halogens is 1. The molecule has 1 aromatic heterocycles. The Labute approximate surface area is 110 Å². The minimum atomic E-state index is -0.617. The highest BCUT2D eigenvalue weighted by Crippen LogP contribution is 2.30. The van der Waals surface area contributed by atoms with Crippen molar-refractivity contribution in [3.05, 3.63) is 29.8 Å². The molecule has 1 aliphatic heterocycles. The van der Waals surface area contributed by atoms with Crippen LogP contribution in [0.4, 0.5) is 4.39 Å². The summed E-state index contributed by atoms with van der Waals surface area (Å²) in [6.45, 7) is 2.71. The van der Waals surface area contributed by atoms with Crippen LogP contribution in [0.2, 0.25) is 0 Å². The standard InChI is InChI=1S/C13H16FN3O2/c1-13(12(19)15-2)5-6-17(8-13)11(18)9-3-4-10(14)16-7-9/h3-4,7H,5-6,8H2,1-2H3,(H,15,19). The largest absolute Gasteiger partial charge is 0.359 e. The SMILES string of the molecule is CNC(=O)C1(C)CCN(C(=O)c2ccc(F)nc2)C1. The van der Waals surface area contributed by atoms with Gasteiger partial charge in [0, 0.05) is 26.3 Å². The van der Waals surface area contributed by atoms with Crippen LogP contribution in [0, 0.1) is 11.4 Å². The molecule has 5 nitrogen and oxygen atoms in total. The average molecular weight is 265 g/mol. The monoisotopic (exact) mass is 265 g/mol. The smallest absolute Gasteiger partial charge is 0.255 e. The van der Waals surface area contributed by atoms with Gasteiger partial charge in [-0.25, -0.2) is 4.98 Å². The van der Waals surface area contributed by atoms with Gasteiger partial charge >= 0.3 is 0 Å². The molecular formula is C13H16FN3O2. The van der Waals surface area contributed by atoms with Crippen molar-refractivity contribution in [2.75, 3.05) is 20.1 Å². The van der Waals surface area contributed by atoms with E-state index in [0.717, 1.165) is 6.07 Å². The molecule has 1 atom stereocenters. The van der Waals surface area contributed by atoms with Gasteiger partial charge in [-0.05, 0) is 25.5 Å². The molecule has 1 saturated heterocycles. The predicted molar refractivity (Wildman–Crippen MR) is 66.9 cm³/mol. The lowest BCUT2D eigenvalue weighted by atomic mass is 9.89. The molecule has 0 spiro atoms. The summed E-state index contributed by atoms with van der Waals surface area (Å²) in [5.41, 5.74) is -0.222. The molecule has 0 aliphatic carbocycles. The first-order valence-corrected chi connectivity index (χ1v) is 6.09. The van der Waals surface area contributed by atoms with Crippen molar-refractivity contribution in [3.63, 3.8) is 0 Å². The number of rotatable bonds is 2. The molecule has 2 amide bonds. The Balaban J connectivity index is 2.11. The maximum atomic E-state index is 12.7. The van der Waals surface area contributed by atoms with Crippen LogP contribution in [0.25, 0.3) is 0 Å². The van der Waals surface area contributed by atoms with Gasteiger partial charge in [-0.2, -0.15) is 4.39 Å². The summed E-state index contributed by atoms with van der Waals surface area (Å²) in [6.07, 6.45) is 1.83. The molecule has 1 aromatic rings. The third kappa shape index (κ3) is 2.57. The number of amides is 2. The molecule has 102 valence electrons. The average Bonchev–Trinajstić information content (AvgIpc) is 2.82. The molecule has 19 heavy (non-hydrogen) atoms. The number of hydrogen-bond donors (Lipinski definition) is 1. The Morgan fingerprint density at radius 2 is 2.21 bits per heavy atom. The van der Waals surface area contributed by atoms with Crippen LogP contribution in [-0.4, -0.2) is 41.8 Å². The number of likely N-dealkylation sites (tertiary alicyclic amines) is 1. The van der Waals surface area contributed by atoms with Gasteiger partial charge in [-0.1, -0.05) is 0 Å². The second-order valence-electron chi connectivity index (χ2n) is 4.99.